The van der Waals surface area contributed by atoms with Gasteiger partial charge in [0.05, 0.1) is 11.3 Å². The Morgan fingerprint density at radius 3 is 3.00 bits per heavy atom. The van der Waals surface area contributed by atoms with E-state index in [0.29, 0.717) is 27.0 Å². The summed E-state index contributed by atoms with van der Waals surface area (Å²) in [7, 11) is 1.71. The van der Waals surface area contributed by atoms with Crippen molar-refractivity contribution >= 4 is 39.2 Å². The number of nitrogens with one attached hydrogen (secondary N) is 1. The zero-order chi connectivity index (χ0) is 16.2. The minimum Gasteiger partial charge on any atom is -0.355 e. The number of hydrogen-bond acceptors (Lipinski definition) is 5. The Hall–Kier alpha value is -1.34. The molecule has 5 nitrogen and oxygen atoms in total. The van der Waals surface area contributed by atoms with E-state index in [9.17, 15) is 9.59 Å². The Morgan fingerprint density at radius 1 is 1.43 bits per heavy atom. The molecule has 124 valence electrons. The Bertz CT molecular complexity index is 747. The van der Waals surface area contributed by atoms with Gasteiger partial charge >= 0.3 is 0 Å². The van der Waals surface area contributed by atoms with Gasteiger partial charge in [0, 0.05) is 13.6 Å². The molecule has 1 N–H and O–H groups in total. The maximum atomic E-state index is 12.2. The fraction of sp³-hybridized carbons (Fsp3) is 0.562. The highest BCUT2D eigenvalue weighted by Gasteiger charge is 2.15. The Balaban J connectivity index is 1.56. The van der Waals surface area contributed by atoms with Crippen LogP contribution in [0.3, 0.4) is 0 Å². The predicted molar refractivity (Wildman–Crippen MR) is 95.2 cm³/mol. The van der Waals surface area contributed by atoms with E-state index in [1.54, 1.807) is 7.05 Å². The Morgan fingerprint density at radius 2 is 2.22 bits per heavy atom. The van der Waals surface area contributed by atoms with E-state index in [2.05, 4.69) is 10.3 Å². The highest BCUT2D eigenvalue weighted by molar-refractivity contribution is 7.99. The van der Waals surface area contributed by atoms with Crippen molar-refractivity contribution in [2.45, 2.75) is 37.3 Å². The maximum Gasteiger partial charge on any atom is 0.271 e. The molecule has 2 heterocycles. The summed E-state index contributed by atoms with van der Waals surface area (Å²) in [6, 6.07) is 1.84. The first-order valence-electron chi connectivity index (χ1n) is 7.99. The molecule has 0 unspecified atom stereocenters. The lowest BCUT2D eigenvalue weighted by atomic mass is 9.89. The summed E-state index contributed by atoms with van der Waals surface area (Å²) in [5, 5.41) is 5.47. The fourth-order valence-electron chi connectivity index (χ4n) is 2.93. The standard InChI is InChI=1S/C16H21N3O2S2/c1-19-15(21)14-12(7-8-22-14)18-16(19)23-10-13(20)17-9-11-5-3-2-4-6-11/h7-8,11H,2-6,9-10H2,1H3,(H,17,20). The van der Waals surface area contributed by atoms with Gasteiger partial charge in [0.2, 0.25) is 5.91 Å². The summed E-state index contributed by atoms with van der Waals surface area (Å²) in [5.74, 6) is 0.936. The quantitative estimate of drug-likeness (QED) is 0.664. The van der Waals surface area contributed by atoms with Crippen molar-refractivity contribution in [1.29, 1.82) is 0 Å². The van der Waals surface area contributed by atoms with Crippen LogP contribution in [-0.2, 0) is 11.8 Å². The first-order chi connectivity index (χ1) is 11.1. The van der Waals surface area contributed by atoms with E-state index in [0.717, 1.165) is 6.54 Å². The van der Waals surface area contributed by atoms with Crippen molar-refractivity contribution in [3.63, 3.8) is 0 Å². The number of rotatable bonds is 5. The molecule has 1 amide bonds. The maximum absolute atomic E-state index is 12.2. The molecule has 0 radical (unpaired) electrons. The largest absolute Gasteiger partial charge is 0.355 e. The summed E-state index contributed by atoms with van der Waals surface area (Å²) in [4.78, 5) is 28.7. The fourth-order valence-corrected chi connectivity index (χ4v) is 4.53. The zero-order valence-electron chi connectivity index (χ0n) is 13.2. The third-order valence-corrected chi connectivity index (χ3v) is 6.21. The van der Waals surface area contributed by atoms with Gasteiger partial charge in [-0.2, -0.15) is 0 Å². The molecule has 0 atom stereocenters. The number of hydrogen-bond donors (Lipinski definition) is 1. The average Bonchev–Trinajstić information content (AvgIpc) is 3.04. The Kier molecular flexibility index (Phi) is 5.38. The van der Waals surface area contributed by atoms with Crippen LogP contribution in [-0.4, -0.2) is 27.8 Å². The number of amides is 1. The second-order valence-corrected chi connectivity index (χ2v) is 7.85. The first kappa shape index (κ1) is 16.5. The van der Waals surface area contributed by atoms with Gasteiger partial charge in [0.15, 0.2) is 5.16 Å². The molecule has 0 bridgehead atoms. The molecule has 3 rings (SSSR count). The van der Waals surface area contributed by atoms with Crippen LogP contribution in [0.25, 0.3) is 10.2 Å². The van der Waals surface area contributed by atoms with E-state index in [4.69, 9.17) is 0 Å². The number of thioether (sulfide) groups is 1. The molecule has 1 aliphatic rings. The summed E-state index contributed by atoms with van der Waals surface area (Å²) in [6.07, 6.45) is 6.33. The summed E-state index contributed by atoms with van der Waals surface area (Å²) < 4.78 is 2.19. The van der Waals surface area contributed by atoms with E-state index in [-0.39, 0.29) is 11.5 Å². The summed E-state index contributed by atoms with van der Waals surface area (Å²) in [5.41, 5.74) is 0.665. The van der Waals surface area contributed by atoms with Crippen molar-refractivity contribution in [1.82, 2.24) is 14.9 Å². The molecule has 2 aromatic heterocycles. The molecule has 1 saturated carbocycles. The van der Waals surface area contributed by atoms with Gasteiger partial charge < -0.3 is 5.32 Å². The van der Waals surface area contributed by atoms with Crippen molar-refractivity contribution in [2.24, 2.45) is 13.0 Å². The molecule has 1 aliphatic carbocycles. The SMILES string of the molecule is Cn1c(SCC(=O)NCC2CCCCC2)nc2ccsc2c1=O. The zero-order valence-corrected chi connectivity index (χ0v) is 14.8. The molecule has 0 aliphatic heterocycles. The van der Waals surface area contributed by atoms with Gasteiger partial charge in [-0.1, -0.05) is 31.0 Å². The van der Waals surface area contributed by atoms with Crippen molar-refractivity contribution in [3.05, 3.63) is 21.8 Å². The highest BCUT2D eigenvalue weighted by atomic mass is 32.2. The molecule has 23 heavy (non-hydrogen) atoms. The molecular formula is C16H21N3O2S2. The summed E-state index contributed by atoms with van der Waals surface area (Å²) >= 11 is 2.72. The number of fused-ring (bicyclic) bond motifs is 1. The van der Waals surface area contributed by atoms with Crippen LogP contribution in [0.5, 0.6) is 0 Å². The number of nitrogens with zero attached hydrogens (tertiary/aromatic N) is 2. The van der Waals surface area contributed by atoms with Crippen LogP contribution in [0.15, 0.2) is 21.4 Å². The molecule has 0 saturated heterocycles. The second-order valence-electron chi connectivity index (χ2n) is 5.99. The monoisotopic (exact) mass is 351 g/mol. The van der Waals surface area contributed by atoms with Gasteiger partial charge in [0.25, 0.3) is 5.56 Å². The average molecular weight is 351 g/mol. The second kappa shape index (κ2) is 7.49. The van der Waals surface area contributed by atoms with Gasteiger partial charge in [-0.15, -0.1) is 11.3 Å². The van der Waals surface area contributed by atoms with Crippen LogP contribution < -0.4 is 10.9 Å². The number of aromatic nitrogens is 2. The minimum absolute atomic E-state index is 0.0141. The van der Waals surface area contributed by atoms with Gasteiger partial charge in [-0.25, -0.2) is 4.98 Å². The number of carbonyl (C=O) groups is 1. The number of thiophene rings is 1. The predicted octanol–water partition coefficient (Wildman–Crippen LogP) is 2.78. The van der Waals surface area contributed by atoms with Crippen molar-refractivity contribution in [3.8, 4) is 0 Å². The van der Waals surface area contributed by atoms with Gasteiger partial charge in [-0.3, -0.25) is 14.2 Å². The molecular weight excluding hydrogens is 330 g/mol. The van der Waals surface area contributed by atoms with Gasteiger partial charge in [-0.05, 0) is 30.2 Å². The van der Waals surface area contributed by atoms with Crippen molar-refractivity contribution < 1.29 is 4.79 Å². The van der Waals surface area contributed by atoms with Crippen LogP contribution in [0, 0.1) is 5.92 Å². The highest BCUT2D eigenvalue weighted by Crippen LogP contribution is 2.23. The van der Waals surface area contributed by atoms with Crippen LogP contribution >= 0.6 is 23.1 Å². The van der Waals surface area contributed by atoms with Crippen LogP contribution in [0.2, 0.25) is 0 Å². The normalized spacial score (nSPS) is 15.9. The first-order valence-corrected chi connectivity index (χ1v) is 9.85. The van der Waals surface area contributed by atoms with Gasteiger partial charge in [0.1, 0.15) is 4.70 Å². The van der Waals surface area contributed by atoms with E-state index >= 15 is 0 Å². The third kappa shape index (κ3) is 3.95. The van der Waals surface area contributed by atoms with Crippen LogP contribution in [0.4, 0.5) is 0 Å². The summed E-state index contributed by atoms with van der Waals surface area (Å²) in [6.45, 7) is 0.773. The van der Waals surface area contributed by atoms with E-state index in [1.165, 1.54) is 59.8 Å². The lowest BCUT2D eigenvalue weighted by Crippen LogP contribution is -2.31. The molecule has 0 spiro atoms. The van der Waals surface area contributed by atoms with E-state index in [1.807, 2.05) is 11.4 Å². The smallest absolute Gasteiger partial charge is 0.271 e. The molecule has 0 aromatic carbocycles. The molecule has 2 aromatic rings. The number of carbonyl (C=O) groups excluding carboxylic acids is 1. The Labute approximate surface area is 143 Å². The lowest BCUT2D eigenvalue weighted by molar-refractivity contribution is -0.118. The van der Waals surface area contributed by atoms with Crippen molar-refractivity contribution in [2.75, 3.05) is 12.3 Å². The lowest BCUT2D eigenvalue weighted by Gasteiger charge is -2.21. The minimum atomic E-state index is -0.0462. The third-order valence-electron chi connectivity index (χ3n) is 4.29. The van der Waals surface area contributed by atoms with Crippen LogP contribution in [0.1, 0.15) is 32.1 Å². The van der Waals surface area contributed by atoms with E-state index < -0.39 is 0 Å². The molecule has 7 heteroatoms. The topological polar surface area (TPSA) is 64.0 Å². The molecule has 1 fully saturated rings.